The highest BCUT2D eigenvalue weighted by molar-refractivity contribution is 6.30. The number of fused-ring (bicyclic) bond motifs is 1. The first-order valence-electron chi connectivity index (χ1n) is 5.28. The van der Waals surface area contributed by atoms with Crippen molar-refractivity contribution in [2.75, 3.05) is 13.1 Å². The zero-order valence-electron chi connectivity index (χ0n) is 8.57. The summed E-state index contributed by atoms with van der Waals surface area (Å²) in [5, 5.41) is 12.5. The highest BCUT2D eigenvalue weighted by atomic mass is 35.5. The smallest absolute Gasteiger partial charge is 0.146 e. The van der Waals surface area contributed by atoms with Crippen LogP contribution in [0.15, 0.2) is 18.3 Å². The summed E-state index contributed by atoms with van der Waals surface area (Å²) in [6.45, 7) is 2.10. The van der Waals surface area contributed by atoms with E-state index >= 15 is 0 Å². The molecule has 1 N–H and O–H groups in total. The molecule has 16 heavy (non-hydrogen) atoms. The lowest BCUT2D eigenvalue weighted by molar-refractivity contribution is 0.564. The van der Waals surface area contributed by atoms with E-state index in [1.54, 1.807) is 6.20 Å². The number of hydrogen-bond acceptors (Lipinski definition) is 3. The van der Waals surface area contributed by atoms with Crippen LogP contribution in [0.1, 0.15) is 11.1 Å². The Hall–Kier alpha value is -1.37. The third-order valence-corrected chi connectivity index (χ3v) is 3.65. The summed E-state index contributed by atoms with van der Waals surface area (Å²) in [6, 6.07) is 3.89. The Bertz CT molecular complexity index is 515. The van der Waals surface area contributed by atoms with Crippen molar-refractivity contribution >= 4 is 17.2 Å². The van der Waals surface area contributed by atoms with E-state index in [0.29, 0.717) is 17.4 Å². The van der Waals surface area contributed by atoms with Gasteiger partial charge in [0.05, 0.1) is 5.56 Å². The van der Waals surface area contributed by atoms with E-state index in [2.05, 4.69) is 22.4 Å². The minimum Gasteiger partial charge on any atom is -0.315 e. The number of rotatable bonds is 1. The number of nitrogens with zero attached hydrogens (tertiary/aromatic N) is 2. The number of pyridine rings is 1. The summed E-state index contributed by atoms with van der Waals surface area (Å²) in [6.07, 6.45) is 4.01. The Morgan fingerprint density at radius 1 is 1.50 bits per heavy atom. The minimum absolute atomic E-state index is 0.285. The molecule has 0 amide bonds. The van der Waals surface area contributed by atoms with Crippen molar-refractivity contribution in [3.05, 3.63) is 34.6 Å². The monoisotopic (exact) mass is 231 g/mol. The largest absolute Gasteiger partial charge is 0.315 e. The van der Waals surface area contributed by atoms with Gasteiger partial charge in [-0.25, -0.2) is 4.98 Å². The van der Waals surface area contributed by atoms with Gasteiger partial charge < -0.3 is 5.32 Å². The van der Waals surface area contributed by atoms with E-state index in [1.165, 1.54) is 5.57 Å². The van der Waals surface area contributed by atoms with Gasteiger partial charge in [0.1, 0.15) is 11.2 Å². The zero-order chi connectivity index (χ0) is 11.1. The molecule has 3 rings (SSSR count). The van der Waals surface area contributed by atoms with Gasteiger partial charge in [0.15, 0.2) is 0 Å². The van der Waals surface area contributed by atoms with Gasteiger partial charge in [-0.3, -0.25) is 0 Å². The van der Waals surface area contributed by atoms with E-state index in [-0.39, 0.29) is 5.15 Å². The molecule has 0 aromatic carbocycles. The predicted octanol–water partition coefficient (Wildman–Crippen LogP) is 1.84. The van der Waals surface area contributed by atoms with Crippen molar-refractivity contribution < 1.29 is 0 Å². The molecular weight excluding hydrogens is 222 g/mol. The normalized spacial score (nSPS) is 26.6. The molecule has 1 aliphatic heterocycles. The molecule has 3 nitrogen and oxygen atoms in total. The molecule has 0 spiro atoms. The molecule has 2 heterocycles. The fourth-order valence-corrected chi connectivity index (χ4v) is 2.59. The number of hydrogen-bond donors (Lipinski definition) is 1. The second-order valence-electron chi connectivity index (χ2n) is 4.22. The minimum atomic E-state index is 0.285. The van der Waals surface area contributed by atoms with Crippen LogP contribution in [0.5, 0.6) is 0 Å². The molecule has 1 saturated heterocycles. The molecule has 0 saturated carbocycles. The summed E-state index contributed by atoms with van der Waals surface area (Å²) in [5.41, 5.74) is 2.79. The van der Waals surface area contributed by atoms with Crippen LogP contribution in [0.4, 0.5) is 0 Å². The number of nitrogens with one attached hydrogen (secondary N) is 1. The summed E-state index contributed by atoms with van der Waals surface area (Å²) in [5.74, 6) is 1.26. The average Bonchev–Trinajstić information content (AvgIpc) is 2.63. The molecule has 2 aliphatic rings. The summed E-state index contributed by atoms with van der Waals surface area (Å²) in [4.78, 5) is 4.05. The molecule has 1 aromatic heterocycles. The lowest BCUT2D eigenvalue weighted by atomic mass is 9.74. The van der Waals surface area contributed by atoms with E-state index in [9.17, 15) is 0 Å². The van der Waals surface area contributed by atoms with Crippen molar-refractivity contribution in [3.8, 4) is 6.07 Å². The maximum absolute atomic E-state index is 8.90. The van der Waals surface area contributed by atoms with Gasteiger partial charge in [0.2, 0.25) is 0 Å². The molecule has 1 aromatic rings. The zero-order valence-corrected chi connectivity index (χ0v) is 9.33. The van der Waals surface area contributed by atoms with Crippen LogP contribution in [-0.4, -0.2) is 18.1 Å². The third kappa shape index (κ3) is 1.35. The van der Waals surface area contributed by atoms with E-state index < -0.39 is 0 Å². The van der Waals surface area contributed by atoms with Gasteiger partial charge in [-0.2, -0.15) is 5.26 Å². The lowest BCUT2D eigenvalue weighted by Crippen LogP contribution is -2.22. The Morgan fingerprint density at radius 2 is 2.38 bits per heavy atom. The van der Waals surface area contributed by atoms with Crippen molar-refractivity contribution in [2.24, 2.45) is 11.8 Å². The second kappa shape index (κ2) is 3.58. The van der Waals surface area contributed by atoms with E-state index in [1.807, 2.05) is 6.07 Å². The van der Waals surface area contributed by atoms with Gasteiger partial charge in [0, 0.05) is 25.2 Å². The van der Waals surface area contributed by atoms with Crippen molar-refractivity contribution in [2.45, 2.75) is 0 Å². The van der Waals surface area contributed by atoms with Crippen molar-refractivity contribution in [1.29, 1.82) is 5.26 Å². The maximum Gasteiger partial charge on any atom is 0.146 e. The topological polar surface area (TPSA) is 48.7 Å². The quantitative estimate of drug-likeness (QED) is 0.751. The second-order valence-corrected chi connectivity index (χ2v) is 4.58. The molecule has 2 atom stereocenters. The fraction of sp³-hybridized carbons (Fsp3) is 0.333. The molecule has 80 valence electrons. The molecule has 0 radical (unpaired) electrons. The van der Waals surface area contributed by atoms with E-state index in [4.69, 9.17) is 16.9 Å². The number of aromatic nitrogens is 1. The van der Waals surface area contributed by atoms with Crippen LogP contribution in [0, 0.1) is 23.2 Å². The molecule has 1 fully saturated rings. The summed E-state index contributed by atoms with van der Waals surface area (Å²) >= 11 is 5.81. The molecule has 0 unspecified atom stereocenters. The van der Waals surface area contributed by atoms with Gasteiger partial charge in [-0.15, -0.1) is 0 Å². The van der Waals surface area contributed by atoms with Gasteiger partial charge in [-0.05, 0) is 23.1 Å². The standard InChI is InChI=1S/C12H10ClN3/c13-12-7(3-14)1-8(5-16-12)10-2-9-4-15-6-11(9)10/h1-2,5,9,11,15H,4,6H2/t9-,11+/m1/s1. The Balaban J connectivity index is 1.97. The summed E-state index contributed by atoms with van der Waals surface area (Å²) in [7, 11) is 0. The number of halogens is 1. The van der Waals surface area contributed by atoms with Crippen LogP contribution >= 0.6 is 11.6 Å². The molecular formula is C12H10ClN3. The average molecular weight is 232 g/mol. The third-order valence-electron chi connectivity index (χ3n) is 3.35. The van der Waals surface area contributed by atoms with Crippen LogP contribution < -0.4 is 5.32 Å². The van der Waals surface area contributed by atoms with E-state index in [0.717, 1.165) is 18.7 Å². The first kappa shape index (κ1) is 9.83. The van der Waals surface area contributed by atoms with Gasteiger partial charge >= 0.3 is 0 Å². The first-order chi connectivity index (χ1) is 7.79. The predicted molar refractivity (Wildman–Crippen MR) is 61.8 cm³/mol. The SMILES string of the molecule is N#Cc1cc(C2=C[C@@H]3CNC[C@H]23)cnc1Cl. The molecule has 1 aliphatic carbocycles. The highest BCUT2D eigenvalue weighted by Crippen LogP contribution is 2.42. The molecule has 0 bridgehead atoms. The van der Waals surface area contributed by atoms with Crippen molar-refractivity contribution in [3.63, 3.8) is 0 Å². The number of nitriles is 1. The van der Waals surface area contributed by atoms with Gasteiger partial charge in [0.25, 0.3) is 0 Å². The van der Waals surface area contributed by atoms with Crippen LogP contribution in [-0.2, 0) is 0 Å². The lowest BCUT2D eigenvalue weighted by Gasteiger charge is -2.29. The highest BCUT2D eigenvalue weighted by Gasteiger charge is 2.36. The Morgan fingerprint density at radius 3 is 3.12 bits per heavy atom. The first-order valence-corrected chi connectivity index (χ1v) is 5.66. The van der Waals surface area contributed by atoms with Crippen LogP contribution in [0.2, 0.25) is 5.15 Å². The maximum atomic E-state index is 8.90. The van der Waals surface area contributed by atoms with Gasteiger partial charge in [-0.1, -0.05) is 17.7 Å². The van der Waals surface area contributed by atoms with Crippen LogP contribution in [0.3, 0.4) is 0 Å². The Labute approximate surface area is 98.8 Å². The fourth-order valence-electron chi connectivity index (χ4n) is 2.45. The molecule has 4 heteroatoms. The van der Waals surface area contributed by atoms with Crippen LogP contribution in [0.25, 0.3) is 5.57 Å². The Kier molecular flexibility index (Phi) is 2.20. The van der Waals surface area contributed by atoms with Crippen molar-refractivity contribution in [1.82, 2.24) is 10.3 Å². The summed E-state index contributed by atoms with van der Waals surface area (Å²) < 4.78 is 0.